The Balaban J connectivity index is 0.000000477. The van der Waals surface area contributed by atoms with E-state index in [1.54, 1.807) is 0 Å². The molecule has 1 aliphatic rings. The molecular formula is C24H36BrCl2N3. The Morgan fingerprint density at radius 3 is 2.17 bits per heavy atom. The van der Waals surface area contributed by atoms with Crippen molar-refractivity contribution in [2.45, 2.75) is 78.1 Å². The largest absolute Gasteiger partial charge is 0.348 e. The predicted molar refractivity (Wildman–Crippen MR) is 137 cm³/mol. The number of anilines is 1. The van der Waals surface area contributed by atoms with Gasteiger partial charge in [0, 0.05) is 18.4 Å². The van der Waals surface area contributed by atoms with E-state index in [2.05, 4.69) is 59.2 Å². The summed E-state index contributed by atoms with van der Waals surface area (Å²) >= 11 is 10.7. The second-order valence-electron chi connectivity index (χ2n) is 7.81. The van der Waals surface area contributed by atoms with Crippen LogP contribution in [0.25, 0.3) is 0 Å². The molecule has 0 saturated heterocycles. The van der Waals surface area contributed by atoms with Gasteiger partial charge in [-0.25, -0.2) is 4.98 Å². The molecule has 0 atom stereocenters. The van der Waals surface area contributed by atoms with Crippen LogP contribution in [0.1, 0.15) is 77.2 Å². The molecule has 1 aliphatic heterocycles. The molecule has 0 amide bonds. The summed E-state index contributed by atoms with van der Waals surface area (Å²) in [5.74, 6) is 0. The smallest absolute Gasteiger partial charge is 0.165 e. The van der Waals surface area contributed by atoms with Gasteiger partial charge in [0.2, 0.25) is 0 Å². The number of hydrogen-bond donors (Lipinski definition) is 1. The van der Waals surface area contributed by atoms with Crippen LogP contribution in [0.4, 0.5) is 5.69 Å². The monoisotopic (exact) mass is 515 g/mol. The highest BCUT2D eigenvalue weighted by Gasteiger charge is 2.14. The standard InChI is InChI=1S/C21H33N.C3H2Cl2N2.BrH/c1-3-4-5-6-7-8-9-10-13-16-22-18-19(2)17-20-14-11-12-15-21(20)22;4-2-3(5)7-1-6-2;/h11-12,14-15,18H,3-10,13,16-17H2,1-2H3;1H,(H,6,7);1H. The first-order chi connectivity index (χ1) is 14.1. The Morgan fingerprint density at radius 1 is 0.967 bits per heavy atom. The van der Waals surface area contributed by atoms with Crippen LogP contribution in [0, 0.1) is 0 Å². The summed E-state index contributed by atoms with van der Waals surface area (Å²) < 4.78 is 0. The first kappa shape index (κ1) is 27.1. The van der Waals surface area contributed by atoms with Crippen molar-refractivity contribution in [1.82, 2.24) is 9.97 Å². The molecule has 3 rings (SSSR count). The topological polar surface area (TPSA) is 31.9 Å². The quantitative estimate of drug-likeness (QED) is 0.320. The third kappa shape index (κ3) is 9.89. The molecule has 1 N–H and O–H groups in total. The zero-order valence-corrected chi connectivity index (χ0v) is 21.5. The van der Waals surface area contributed by atoms with Gasteiger partial charge in [0.25, 0.3) is 0 Å². The summed E-state index contributed by atoms with van der Waals surface area (Å²) in [4.78, 5) is 8.65. The Kier molecular flexibility index (Phi) is 14.2. The van der Waals surface area contributed by atoms with E-state index in [4.69, 9.17) is 23.2 Å². The lowest BCUT2D eigenvalue weighted by Crippen LogP contribution is -2.22. The van der Waals surface area contributed by atoms with Crippen molar-refractivity contribution in [2.75, 3.05) is 11.4 Å². The normalized spacial score (nSPS) is 12.4. The number of fused-ring (bicyclic) bond motifs is 1. The molecule has 6 heteroatoms. The van der Waals surface area contributed by atoms with Gasteiger partial charge >= 0.3 is 0 Å². The zero-order valence-electron chi connectivity index (χ0n) is 18.3. The molecule has 168 valence electrons. The molecule has 2 heterocycles. The third-order valence-electron chi connectivity index (χ3n) is 5.20. The minimum absolute atomic E-state index is 0. The summed E-state index contributed by atoms with van der Waals surface area (Å²) in [5, 5.41) is 0.711. The average molecular weight is 517 g/mol. The van der Waals surface area contributed by atoms with Gasteiger partial charge in [-0.3, -0.25) is 0 Å². The number of unbranched alkanes of at least 4 members (excludes halogenated alkanes) is 8. The van der Waals surface area contributed by atoms with Crippen molar-refractivity contribution in [2.24, 2.45) is 0 Å². The van der Waals surface area contributed by atoms with E-state index in [1.807, 2.05) is 0 Å². The van der Waals surface area contributed by atoms with E-state index in [0.717, 1.165) is 6.42 Å². The Bertz CT molecular complexity index is 729. The lowest BCUT2D eigenvalue weighted by molar-refractivity contribution is 0.565. The Hall–Kier alpha value is -0.970. The lowest BCUT2D eigenvalue weighted by Gasteiger charge is -2.28. The zero-order chi connectivity index (χ0) is 20.9. The maximum Gasteiger partial charge on any atom is 0.165 e. The molecule has 0 fully saturated rings. The number of nitrogens with one attached hydrogen (secondary N) is 1. The van der Waals surface area contributed by atoms with Crippen LogP contribution in [-0.4, -0.2) is 16.5 Å². The van der Waals surface area contributed by atoms with Crippen LogP contribution < -0.4 is 4.90 Å². The molecule has 3 nitrogen and oxygen atoms in total. The number of allylic oxidation sites excluding steroid dienone is 1. The fraction of sp³-hybridized carbons (Fsp3) is 0.542. The molecule has 1 aromatic carbocycles. The third-order valence-corrected chi connectivity index (χ3v) is 5.87. The Labute approximate surface area is 203 Å². The molecule has 1 aromatic heterocycles. The fourth-order valence-corrected chi connectivity index (χ4v) is 3.86. The molecule has 0 aliphatic carbocycles. The SMILES string of the molecule is Br.CCCCCCCCCCCN1C=C(C)Cc2ccccc21.Clc1nc[nH]c1Cl. The molecular weight excluding hydrogens is 481 g/mol. The van der Waals surface area contributed by atoms with Crippen molar-refractivity contribution in [1.29, 1.82) is 0 Å². The van der Waals surface area contributed by atoms with Crippen LogP contribution in [0.3, 0.4) is 0 Å². The average Bonchev–Trinajstić information content (AvgIpc) is 3.09. The molecule has 0 radical (unpaired) electrons. The van der Waals surface area contributed by atoms with Crippen molar-refractivity contribution >= 4 is 45.9 Å². The van der Waals surface area contributed by atoms with Gasteiger partial charge in [-0.05, 0) is 31.4 Å². The number of para-hydroxylation sites is 1. The van der Waals surface area contributed by atoms with Crippen LogP contribution in [0.5, 0.6) is 0 Å². The molecule has 2 aromatic rings. The minimum atomic E-state index is 0. The number of nitrogens with zero attached hydrogens (tertiary/aromatic N) is 2. The van der Waals surface area contributed by atoms with Gasteiger partial charge in [-0.2, -0.15) is 0 Å². The maximum absolute atomic E-state index is 5.37. The molecule has 0 unspecified atom stereocenters. The number of aromatic nitrogens is 2. The highest BCUT2D eigenvalue weighted by atomic mass is 79.9. The van der Waals surface area contributed by atoms with Crippen LogP contribution >= 0.6 is 40.2 Å². The number of H-pyrrole nitrogens is 1. The molecule has 0 spiro atoms. The highest BCUT2D eigenvalue weighted by Crippen LogP contribution is 2.28. The van der Waals surface area contributed by atoms with Gasteiger partial charge in [0.05, 0.1) is 6.33 Å². The first-order valence-electron chi connectivity index (χ1n) is 11.0. The Morgan fingerprint density at radius 2 is 1.60 bits per heavy atom. The number of rotatable bonds is 10. The van der Waals surface area contributed by atoms with Gasteiger partial charge in [0.1, 0.15) is 5.15 Å². The maximum atomic E-state index is 5.37. The van der Waals surface area contributed by atoms with Gasteiger partial charge in [-0.15, -0.1) is 17.0 Å². The van der Waals surface area contributed by atoms with Crippen molar-refractivity contribution in [3.05, 3.63) is 58.2 Å². The van der Waals surface area contributed by atoms with Crippen molar-refractivity contribution in [3.8, 4) is 0 Å². The summed E-state index contributed by atoms with van der Waals surface area (Å²) in [6, 6.07) is 8.87. The minimum Gasteiger partial charge on any atom is -0.348 e. The van der Waals surface area contributed by atoms with Gasteiger partial charge in [-0.1, -0.05) is 105 Å². The van der Waals surface area contributed by atoms with Crippen molar-refractivity contribution < 1.29 is 0 Å². The van der Waals surface area contributed by atoms with E-state index in [-0.39, 0.29) is 17.0 Å². The number of benzene rings is 1. The predicted octanol–water partition coefficient (Wildman–Crippen LogP) is 8.78. The second kappa shape index (κ2) is 15.8. The first-order valence-corrected chi connectivity index (χ1v) is 11.7. The fourth-order valence-electron chi connectivity index (χ4n) is 3.66. The van der Waals surface area contributed by atoms with E-state index in [0.29, 0.717) is 10.3 Å². The van der Waals surface area contributed by atoms with Crippen molar-refractivity contribution in [3.63, 3.8) is 0 Å². The van der Waals surface area contributed by atoms with Gasteiger partial charge in [0.15, 0.2) is 5.15 Å². The summed E-state index contributed by atoms with van der Waals surface area (Å²) in [6.45, 7) is 5.71. The lowest BCUT2D eigenvalue weighted by atomic mass is 10.0. The number of hydrogen-bond acceptors (Lipinski definition) is 2. The van der Waals surface area contributed by atoms with E-state index >= 15 is 0 Å². The second-order valence-corrected chi connectivity index (χ2v) is 8.55. The summed E-state index contributed by atoms with van der Waals surface area (Å²) in [7, 11) is 0. The number of halogens is 3. The number of imidazole rings is 1. The van der Waals surface area contributed by atoms with Crippen LogP contribution in [-0.2, 0) is 6.42 Å². The van der Waals surface area contributed by atoms with E-state index in [1.165, 1.54) is 87.5 Å². The molecule has 0 bridgehead atoms. The van der Waals surface area contributed by atoms with E-state index < -0.39 is 0 Å². The highest BCUT2D eigenvalue weighted by molar-refractivity contribution is 8.93. The van der Waals surface area contributed by atoms with E-state index in [9.17, 15) is 0 Å². The van der Waals surface area contributed by atoms with Crippen LogP contribution in [0.15, 0.2) is 42.4 Å². The van der Waals surface area contributed by atoms with Crippen LogP contribution in [0.2, 0.25) is 10.3 Å². The number of aromatic amines is 1. The molecule has 0 saturated carbocycles. The summed E-state index contributed by atoms with van der Waals surface area (Å²) in [5.41, 5.74) is 4.39. The molecule has 30 heavy (non-hydrogen) atoms. The summed E-state index contributed by atoms with van der Waals surface area (Å²) in [6.07, 6.45) is 17.5. The van der Waals surface area contributed by atoms with Gasteiger partial charge < -0.3 is 9.88 Å².